The second-order valence-corrected chi connectivity index (χ2v) is 12.5. The Hall–Kier alpha value is -2.74. The van der Waals surface area contributed by atoms with Crippen molar-refractivity contribution in [3.05, 3.63) is 42.2 Å². The van der Waals surface area contributed by atoms with Crippen LogP contribution in [0.15, 0.2) is 36.7 Å². The molecule has 1 aliphatic carbocycles. The molecule has 32 heavy (non-hydrogen) atoms. The fourth-order valence-electron chi connectivity index (χ4n) is 4.93. The second kappa shape index (κ2) is 7.13. The zero-order chi connectivity index (χ0) is 22.8. The third kappa shape index (κ3) is 3.81. The number of hydrogen-bond donors (Lipinski definition) is 1. The molecule has 2 aliphatic rings. The van der Waals surface area contributed by atoms with Crippen molar-refractivity contribution >= 4 is 32.5 Å². The smallest absolute Gasteiger partial charge is 0.171 e. The molecular formula is C24H28N4O3S. The van der Waals surface area contributed by atoms with Crippen LogP contribution in [0.25, 0.3) is 22.4 Å². The van der Waals surface area contributed by atoms with E-state index in [9.17, 15) is 13.2 Å². The highest BCUT2D eigenvalue weighted by Crippen LogP contribution is 2.53. The van der Waals surface area contributed by atoms with E-state index >= 15 is 0 Å². The van der Waals surface area contributed by atoms with Gasteiger partial charge in [0.15, 0.2) is 11.4 Å². The summed E-state index contributed by atoms with van der Waals surface area (Å²) in [6, 6.07) is 8.19. The van der Waals surface area contributed by atoms with E-state index in [0.717, 1.165) is 30.0 Å². The summed E-state index contributed by atoms with van der Waals surface area (Å²) < 4.78 is 23.2. The van der Waals surface area contributed by atoms with Crippen molar-refractivity contribution < 1.29 is 13.2 Å². The van der Waals surface area contributed by atoms with Crippen LogP contribution in [0.1, 0.15) is 31.1 Å². The molecule has 1 saturated carbocycles. The largest absolute Gasteiger partial charge is 0.371 e. The summed E-state index contributed by atoms with van der Waals surface area (Å²) in [5.41, 5.74) is 4.04. The van der Waals surface area contributed by atoms with E-state index in [4.69, 9.17) is 4.98 Å². The Balaban J connectivity index is 1.39. The Labute approximate surface area is 188 Å². The van der Waals surface area contributed by atoms with Crippen LogP contribution in [0.4, 0.5) is 5.69 Å². The fraction of sp³-hybridized carbons (Fsp3) is 0.458. The maximum atomic E-state index is 12.8. The number of aromatic nitrogens is 3. The van der Waals surface area contributed by atoms with Crippen LogP contribution in [0.5, 0.6) is 0 Å². The van der Waals surface area contributed by atoms with Gasteiger partial charge in [0.05, 0.1) is 23.2 Å². The molecular weight excluding hydrogens is 424 g/mol. The van der Waals surface area contributed by atoms with Crippen molar-refractivity contribution in [2.75, 3.05) is 30.0 Å². The van der Waals surface area contributed by atoms with Gasteiger partial charge in [-0.1, -0.05) is 32.9 Å². The van der Waals surface area contributed by atoms with Crippen molar-refractivity contribution in [1.82, 2.24) is 15.0 Å². The van der Waals surface area contributed by atoms with Crippen LogP contribution in [0, 0.1) is 23.2 Å². The summed E-state index contributed by atoms with van der Waals surface area (Å²) in [6.07, 6.45) is 4.75. The zero-order valence-electron chi connectivity index (χ0n) is 18.8. The van der Waals surface area contributed by atoms with E-state index in [-0.39, 0.29) is 5.78 Å². The van der Waals surface area contributed by atoms with Gasteiger partial charge in [-0.15, -0.1) is 0 Å². The molecule has 2 aromatic heterocycles. The third-order valence-electron chi connectivity index (χ3n) is 6.68. The molecule has 1 N–H and O–H groups in total. The van der Waals surface area contributed by atoms with Gasteiger partial charge in [-0.25, -0.2) is 18.4 Å². The average Bonchev–Trinajstić information content (AvgIpc) is 3.11. The second-order valence-electron chi connectivity index (χ2n) is 10.3. The topological polar surface area (TPSA) is 96.0 Å². The number of rotatable bonds is 5. The van der Waals surface area contributed by atoms with Gasteiger partial charge in [0.1, 0.15) is 15.4 Å². The van der Waals surface area contributed by atoms with Crippen molar-refractivity contribution in [3.63, 3.8) is 0 Å². The highest BCUT2D eigenvalue weighted by atomic mass is 32.2. The third-order valence-corrected chi connectivity index (χ3v) is 7.67. The molecule has 168 valence electrons. The SMILES string of the molecule is CC(C)(C)C(=O)c1c[nH]c2ncc(-c3cccc(N4CC5C(C4)C5CS(C)(=O)=O)c3)nc12. The van der Waals surface area contributed by atoms with E-state index in [2.05, 4.69) is 27.0 Å². The van der Waals surface area contributed by atoms with E-state index < -0.39 is 15.3 Å². The number of benzene rings is 1. The minimum Gasteiger partial charge on any atom is -0.371 e. The lowest BCUT2D eigenvalue weighted by Gasteiger charge is -2.22. The first-order chi connectivity index (χ1) is 15.0. The highest BCUT2D eigenvalue weighted by Gasteiger charge is 2.56. The fourth-order valence-corrected chi connectivity index (χ4v) is 6.12. The van der Waals surface area contributed by atoms with E-state index in [0.29, 0.717) is 40.2 Å². The Morgan fingerprint density at radius 1 is 1.22 bits per heavy atom. The van der Waals surface area contributed by atoms with Crippen LogP contribution in [-0.4, -0.2) is 54.3 Å². The summed E-state index contributed by atoms with van der Waals surface area (Å²) in [6.45, 7) is 7.48. The molecule has 0 bridgehead atoms. The Morgan fingerprint density at radius 2 is 1.94 bits per heavy atom. The quantitative estimate of drug-likeness (QED) is 0.595. The maximum Gasteiger partial charge on any atom is 0.171 e. The number of piperidine rings is 1. The van der Waals surface area contributed by atoms with Crippen molar-refractivity contribution in [1.29, 1.82) is 0 Å². The van der Waals surface area contributed by atoms with Gasteiger partial charge >= 0.3 is 0 Å². The number of nitrogens with zero attached hydrogens (tertiary/aromatic N) is 3. The van der Waals surface area contributed by atoms with E-state index in [1.54, 1.807) is 12.4 Å². The summed E-state index contributed by atoms with van der Waals surface area (Å²) in [5, 5.41) is 0. The minimum atomic E-state index is -2.92. The monoisotopic (exact) mass is 452 g/mol. The van der Waals surface area contributed by atoms with Crippen molar-refractivity contribution in [2.45, 2.75) is 20.8 Å². The number of H-pyrrole nitrogens is 1. The summed E-state index contributed by atoms with van der Waals surface area (Å²) in [4.78, 5) is 27.5. The summed E-state index contributed by atoms with van der Waals surface area (Å²) in [5.74, 6) is 1.58. The molecule has 0 amide bonds. The predicted molar refractivity (Wildman–Crippen MR) is 126 cm³/mol. The average molecular weight is 453 g/mol. The van der Waals surface area contributed by atoms with Crippen LogP contribution < -0.4 is 4.90 Å². The van der Waals surface area contributed by atoms with Gasteiger partial charge < -0.3 is 9.88 Å². The van der Waals surface area contributed by atoms with Gasteiger partial charge in [-0.3, -0.25) is 4.79 Å². The van der Waals surface area contributed by atoms with Crippen molar-refractivity contribution in [3.8, 4) is 11.3 Å². The molecule has 3 heterocycles. The molecule has 1 saturated heterocycles. The normalized spacial score (nSPS) is 22.9. The lowest BCUT2D eigenvalue weighted by Crippen LogP contribution is -2.25. The zero-order valence-corrected chi connectivity index (χ0v) is 19.6. The van der Waals surface area contributed by atoms with Crippen LogP contribution in [0.2, 0.25) is 0 Å². The molecule has 0 spiro atoms. The Morgan fingerprint density at radius 3 is 2.59 bits per heavy atom. The Kier molecular flexibility index (Phi) is 4.71. The van der Waals surface area contributed by atoms with Gasteiger partial charge in [0, 0.05) is 42.2 Å². The summed E-state index contributed by atoms with van der Waals surface area (Å²) in [7, 11) is -2.92. The molecule has 2 unspecified atom stereocenters. The number of ketones is 1. The maximum absolute atomic E-state index is 12.8. The molecule has 3 aromatic rings. The van der Waals surface area contributed by atoms with Gasteiger partial charge in [-0.05, 0) is 29.9 Å². The predicted octanol–water partition coefficient (Wildman–Crippen LogP) is 3.58. The van der Waals surface area contributed by atoms with E-state index in [1.165, 1.54) is 6.26 Å². The molecule has 1 aromatic carbocycles. The molecule has 2 fully saturated rings. The standard InChI is InChI=1S/C24H28N4O3S/c1-24(2,3)22(29)16-9-25-23-21(16)27-20(10-26-23)14-6-5-7-15(8-14)28-11-17-18(12-28)19(17)13-32(4,30)31/h5-10,17-19H,11-13H2,1-4H3,(H,25,26). The number of hydrogen-bond acceptors (Lipinski definition) is 6. The van der Waals surface area contributed by atoms with Crippen LogP contribution >= 0.6 is 0 Å². The molecule has 8 heteroatoms. The van der Waals surface area contributed by atoms with E-state index in [1.807, 2.05) is 32.9 Å². The molecule has 5 rings (SSSR count). The van der Waals surface area contributed by atoms with Crippen molar-refractivity contribution in [2.24, 2.45) is 23.2 Å². The van der Waals surface area contributed by atoms with Crippen LogP contribution in [-0.2, 0) is 9.84 Å². The summed E-state index contributed by atoms with van der Waals surface area (Å²) >= 11 is 0. The van der Waals surface area contributed by atoms with Gasteiger partial charge in [0.25, 0.3) is 0 Å². The number of fused-ring (bicyclic) bond motifs is 2. The highest BCUT2D eigenvalue weighted by molar-refractivity contribution is 7.90. The Bertz CT molecular complexity index is 1310. The number of carbonyl (C=O) groups is 1. The first-order valence-corrected chi connectivity index (χ1v) is 13.0. The molecule has 0 radical (unpaired) electrons. The number of carbonyl (C=O) groups excluding carboxylic acids is 1. The lowest BCUT2D eigenvalue weighted by atomic mass is 9.87. The van der Waals surface area contributed by atoms with Crippen LogP contribution in [0.3, 0.4) is 0 Å². The number of Topliss-reactive ketones (excluding diaryl/α,β-unsaturated/α-hetero) is 1. The number of sulfone groups is 1. The lowest BCUT2D eigenvalue weighted by molar-refractivity contribution is 0.0860. The van der Waals surface area contributed by atoms with Gasteiger partial charge in [-0.2, -0.15) is 0 Å². The molecule has 7 nitrogen and oxygen atoms in total. The number of aromatic amines is 1. The number of anilines is 1. The van der Waals surface area contributed by atoms with Gasteiger partial charge in [0.2, 0.25) is 0 Å². The first-order valence-electron chi connectivity index (χ1n) is 10.9. The number of nitrogens with one attached hydrogen (secondary N) is 1. The molecule has 2 atom stereocenters. The minimum absolute atomic E-state index is 0.0314. The molecule has 1 aliphatic heterocycles. The first kappa shape index (κ1) is 21.1.